The number of phenolic OH excluding ortho intramolecular Hbond substituents is 1. The maximum Gasteiger partial charge on any atom is 0.270 e. The fourth-order valence-electron chi connectivity index (χ4n) is 2.13. The largest absolute Gasteiger partial charge is 0.507 e. The maximum atomic E-state index is 10.8. The molecule has 7 nitrogen and oxygen atoms in total. The van der Waals surface area contributed by atoms with Crippen molar-refractivity contribution in [3.63, 3.8) is 0 Å². The van der Waals surface area contributed by atoms with Gasteiger partial charge in [-0.15, -0.1) is 0 Å². The van der Waals surface area contributed by atoms with Gasteiger partial charge in [0.2, 0.25) is 5.95 Å². The molecule has 3 aromatic rings. The van der Waals surface area contributed by atoms with Crippen molar-refractivity contribution in [1.29, 1.82) is 0 Å². The van der Waals surface area contributed by atoms with Gasteiger partial charge in [0.15, 0.2) is 0 Å². The van der Waals surface area contributed by atoms with Crippen molar-refractivity contribution in [2.24, 2.45) is 12.0 Å². The summed E-state index contributed by atoms with van der Waals surface area (Å²) in [4.78, 5) is 18.8. The number of benzene rings is 2. The molecule has 0 unspecified atom stereocenters. The fourth-order valence-corrected chi connectivity index (χ4v) is 2.13. The molecule has 110 valence electrons. The molecule has 0 radical (unpaired) electrons. The van der Waals surface area contributed by atoms with Crippen molar-refractivity contribution in [3.8, 4) is 5.75 Å². The van der Waals surface area contributed by atoms with E-state index in [9.17, 15) is 15.2 Å². The molecule has 0 aliphatic heterocycles. The number of nitrogens with zero attached hydrogens (tertiary/aromatic N) is 4. The molecule has 0 spiro atoms. The number of fused-ring (bicyclic) bond motifs is 1. The van der Waals surface area contributed by atoms with E-state index in [1.807, 2.05) is 31.3 Å². The second kappa shape index (κ2) is 5.28. The number of nitro benzene ring substituents is 1. The first kappa shape index (κ1) is 13.7. The molecule has 0 aliphatic carbocycles. The van der Waals surface area contributed by atoms with Gasteiger partial charge < -0.3 is 9.67 Å². The highest BCUT2D eigenvalue weighted by Crippen LogP contribution is 2.23. The van der Waals surface area contributed by atoms with Crippen molar-refractivity contribution >= 4 is 28.9 Å². The lowest BCUT2D eigenvalue weighted by atomic mass is 10.2. The van der Waals surface area contributed by atoms with Gasteiger partial charge in [-0.25, -0.2) is 9.98 Å². The lowest BCUT2D eigenvalue weighted by molar-refractivity contribution is -0.384. The van der Waals surface area contributed by atoms with Crippen LogP contribution in [0.3, 0.4) is 0 Å². The number of non-ortho nitro benzene ring substituents is 1. The maximum absolute atomic E-state index is 10.8. The van der Waals surface area contributed by atoms with Crippen LogP contribution in [0.15, 0.2) is 47.5 Å². The third-order valence-corrected chi connectivity index (χ3v) is 3.30. The number of aryl methyl sites for hydroxylation is 1. The monoisotopic (exact) mass is 296 g/mol. The number of hydrogen-bond acceptors (Lipinski definition) is 5. The molecule has 0 aliphatic rings. The Labute approximate surface area is 125 Å². The molecule has 2 aromatic carbocycles. The third kappa shape index (κ3) is 2.39. The van der Waals surface area contributed by atoms with Crippen molar-refractivity contribution in [3.05, 3.63) is 58.1 Å². The SMILES string of the molecule is Cn1c(N=Cc2cc([N+](=O)[O-])ccc2O)nc2ccccc21. The Kier molecular flexibility index (Phi) is 3.30. The lowest BCUT2D eigenvalue weighted by Crippen LogP contribution is -1.91. The predicted molar refractivity (Wildman–Crippen MR) is 82.7 cm³/mol. The first-order valence-electron chi connectivity index (χ1n) is 6.49. The Morgan fingerprint density at radius 2 is 2.09 bits per heavy atom. The summed E-state index contributed by atoms with van der Waals surface area (Å²) in [5.41, 5.74) is 1.89. The average molecular weight is 296 g/mol. The number of aromatic hydroxyl groups is 1. The Morgan fingerprint density at radius 1 is 1.32 bits per heavy atom. The summed E-state index contributed by atoms with van der Waals surface area (Å²) in [5.74, 6) is 0.375. The van der Waals surface area contributed by atoms with Gasteiger partial charge in [0.25, 0.3) is 5.69 Å². The van der Waals surface area contributed by atoms with Gasteiger partial charge in [0.1, 0.15) is 5.75 Å². The molecular weight excluding hydrogens is 284 g/mol. The molecule has 0 saturated carbocycles. The molecular formula is C15H12N4O3. The van der Waals surface area contributed by atoms with E-state index in [1.54, 1.807) is 4.57 Å². The van der Waals surface area contributed by atoms with Gasteiger partial charge in [-0.3, -0.25) is 10.1 Å². The number of hydrogen-bond donors (Lipinski definition) is 1. The molecule has 0 bridgehead atoms. The molecule has 1 aromatic heterocycles. The van der Waals surface area contributed by atoms with Crippen LogP contribution in [0.1, 0.15) is 5.56 Å². The second-order valence-corrected chi connectivity index (χ2v) is 4.72. The zero-order valence-electron chi connectivity index (χ0n) is 11.7. The average Bonchev–Trinajstić information content (AvgIpc) is 2.83. The van der Waals surface area contributed by atoms with Crippen molar-refractivity contribution in [1.82, 2.24) is 9.55 Å². The van der Waals surface area contributed by atoms with Crippen LogP contribution in [0.25, 0.3) is 11.0 Å². The van der Waals surface area contributed by atoms with Gasteiger partial charge in [-0.1, -0.05) is 12.1 Å². The van der Waals surface area contributed by atoms with E-state index < -0.39 is 4.92 Å². The minimum absolute atomic E-state index is 0.0758. The van der Waals surface area contributed by atoms with Gasteiger partial charge >= 0.3 is 0 Å². The van der Waals surface area contributed by atoms with E-state index in [0.29, 0.717) is 5.95 Å². The number of para-hydroxylation sites is 2. The fraction of sp³-hybridized carbons (Fsp3) is 0.0667. The summed E-state index contributed by atoms with van der Waals surface area (Å²) in [7, 11) is 1.83. The van der Waals surface area contributed by atoms with Crippen LogP contribution >= 0.6 is 0 Å². The summed E-state index contributed by atoms with van der Waals surface area (Å²) in [5, 5.41) is 20.5. The van der Waals surface area contributed by atoms with E-state index in [-0.39, 0.29) is 17.0 Å². The number of rotatable bonds is 3. The molecule has 22 heavy (non-hydrogen) atoms. The van der Waals surface area contributed by atoms with Crippen LogP contribution < -0.4 is 0 Å². The number of aliphatic imine (C=N–C) groups is 1. The standard InChI is InChI=1S/C15H12N4O3/c1-18-13-5-3-2-4-12(13)17-15(18)16-9-10-8-11(19(21)22)6-7-14(10)20/h2-9,20H,1H3. The van der Waals surface area contributed by atoms with Crippen molar-refractivity contribution in [2.45, 2.75) is 0 Å². The predicted octanol–water partition coefficient (Wildman–Crippen LogP) is 2.94. The normalized spacial score (nSPS) is 11.3. The summed E-state index contributed by atoms with van der Waals surface area (Å²) in [6.07, 6.45) is 1.36. The molecule has 0 saturated heterocycles. The highest BCUT2D eigenvalue weighted by atomic mass is 16.6. The van der Waals surface area contributed by atoms with E-state index in [0.717, 1.165) is 11.0 Å². The first-order chi connectivity index (χ1) is 10.6. The summed E-state index contributed by atoms with van der Waals surface area (Å²) in [6, 6.07) is 11.4. The van der Waals surface area contributed by atoms with Gasteiger partial charge in [-0.05, 0) is 18.2 Å². The van der Waals surface area contributed by atoms with Crippen molar-refractivity contribution in [2.75, 3.05) is 0 Å². The molecule has 3 rings (SSSR count). The minimum atomic E-state index is -0.522. The Hall–Kier alpha value is -3.22. The molecule has 0 amide bonds. The second-order valence-electron chi connectivity index (χ2n) is 4.72. The Balaban J connectivity index is 2.01. The van der Waals surface area contributed by atoms with Crippen LogP contribution in [0, 0.1) is 10.1 Å². The highest BCUT2D eigenvalue weighted by Gasteiger charge is 2.10. The van der Waals surface area contributed by atoms with E-state index in [4.69, 9.17) is 0 Å². The zero-order valence-corrected chi connectivity index (χ0v) is 11.7. The topological polar surface area (TPSA) is 93.5 Å². The van der Waals surface area contributed by atoms with Crippen LogP contribution in [-0.4, -0.2) is 25.8 Å². The number of imidazole rings is 1. The zero-order chi connectivity index (χ0) is 15.7. The summed E-state index contributed by atoms with van der Waals surface area (Å²) < 4.78 is 1.81. The van der Waals surface area contributed by atoms with E-state index in [2.05, 4.69) is 9.98 Å². The summed E-state index contributed by atoms with van der Waals surface area (Å²) in [6.45, 7) is 0. The quantitative estimate of drug-likeness (QED) is 0.457. The van der Waals surface area contributed by atoms with E-state index >= 15 is 0 Å². The van der Waals surface area contributed by atoms with Gasteiger partial charge in [0.05, 0.1) is 16.0 Å². The smallest absolute Gasteiger partial charge is 0.270 e. The Morgan fingerprint density at radius 3 is 2.82 bits per heavy atom. The van der Waals surface area contributed by atoms with Crippen LogP contribution in [0.4, 0.5) is 11.6 Å². The molecule has 7 heteroatoms. The molecule has 0 atom stereocenters. The number of phenols is 1. The molecule has 1 heterocycles. The third-order valence-electron chi connectivity index (χ3n) is 3.30. The van der Waals surface area contributed by atoms with E-state index in [1.165, 1.54) is 24.4 Å². The Bertz CT molecular complexity index is 899. The number of nitro groups is 1. The highest BCUT2D eigenvalue weighted by molar-refractivity contribution is 5.87. The molecule has 1 N–H and O–H groups in total. The summed E-state index contributed by atoms with van der Waals surface area (Å²) >= 11 is 0. The lowest BCUT2D eigenvalue weighted by Gasteiger charge is -1.99. The van der Waals surface area contributed by atoms with Crippen LogP contribution in [0.5, 0.6) is 5.75 Å². The first-order valence-corrected chi connectivity index (χ1v) is 6.49. The van der Waals surface area contributed by atoms with Crippen LogP contribution in [-0.2, 0) is 7.05 Å². The van der Waals surface area contributed by atoms with Gasteiger partial charge in [0, 0.05) is 31.0 Å². The van der Waals surface area contributed by atoms with Gasteiger partial charge in [-0.2, -0.15) is 0 Å². The number of aromatic nitrogens is 2. The minimum Gasteiger partial charge on any atom is -0.507 e. The van der Waals surface area contributed by atoms with Crippen LogP contribution in [0.2, 0.25) is 0 Å². The molecule has 0 fully saturated rings. The van der Waals surface area contributed by atoms with Crippen molar-refractivity contribution < 1.29 is 10.0 Å².